The molecule has 3 amide bonds. The molecule has 1 aromatic carbocycles. The second-order valence-corrected chi connectivity index (χ2v) is 6.72. The first-order valence-electron chi connectivity index (χ1n) is 8.13. The molecule has 0 radical (unpaired) electrons. The van der Waals surface area contributed by atoms with E-state index in [1.165, 1.54) is 0 Å². The highest BCUT2D eigenvalue weighted by molar-refractivity contribution is 7.13. The summed E-state index contributed by atoms with van der Waals surface area (Å²) in [4.78, 5) is 24.0. The number of aromatic nitrogens is 2. The highest BCUT2D eigenvalue weighted by Crippen LogP contribution is 2.34. The molecule has 10 heteroatoms. The van der Waals surface area contributed by atoms with Crippen molar-refractivity contribution in [2.24, 2.45) is 0 Å². The summed E-state index contributed by atoms with van der Waals surface area (Å²) in [6.07, 6.45) is 0.844. The summed E-state index contributed by atoms with van der Waals surface area (Å²) in [7, 11) is 0. The second-order valence-electron chi connectivity index (χ2n) is 5.66. The standard InChI is InChI=1S/C16H19N5O4S/c1-3-9(2)18-16(23)17-7-13-20-21-15(26-13)14(22)19-10-4-5-11-12(6-10)25-8-24-11/h4-6,9H,3,7-8H2,1-2H3,(H,19,22)(H2,17,18,23)/t9-/m0/s1. The van der Waals surface area contributed by atoms with E-state index in [-0.39, 0.29) is 36.3 Å². The summed E-state index contributed by atoms with van der Waals surface area (Å²) in [5, 5.41) is 16.8. The molecule has 1 aliphatic rings. The maximum atomic E-state index is 12.3. The molecule has 0 spiro atoms. The van der Waals surface area contributed by atoms with Crippen molar-refractivity contribution in [3.63, 3.8) is 0 Å². The van der Waals surface area contributed by atoms with Crippen molar-refractivity contribution < 1.29 is 19.1 Å². The van der Waals surface area contributed by atoms with E-state index < -0.39 is 0 Å². The third-order valence-corrected chi connectivity index (χ3v) is 4.60. The van der Waals surface area contributed by atoms with E-state index in [1.807, 2.05) is 13.8 Å². The molecule has 1 atom stereocenters. The number of carbonyl (C=O) groups is 2. The molecule has 2 aromatic rings. The van der Waals surface area contributed by atoms with Crippen LogP contribution >= 0.6 is 11.3 Å². The van der Waals surface area contributed by atoms with Crippen LogP contribution in [0.1, 0.15) is 35.1 Å². The van der Waals surface area contributed by atoms with Gasteiger partial charge in [0.1, 0.15) is 5.01 Å². The number of rotatable bonds is 6. The Morgan fingerprint density at radius 3 is 2.88 bits per heavy atom. The second kappa shape index (κ2) is 8.00. The number of ether oxygens (including phenoxy) is 2. The molecule has 1 aliphatic heterocycles. The summed E-state index contributed by atoms with van der Waals surface area (Å²) < 4.78 is 10.5. The zero-order chi connectivity index (χ0) is 18.5. The number of hydrogen-bond acceptors (Lipinski definition) is 7. The van der Waals surface area contributed by atoms with E-state index in [0.717, 1.165) is 17.8 Å². The Balaban J connectivity index is 1.54. The smallest absolute Gasteiger partial charge is 0.315 e. The highest BCUT2D eigenvalue weighted by atomic mass is 32.1. The Morgan fingerprint density at radius 2 is 2.08 bits per heavy atom. The lowest BCUT2D eigenvalue weighted by Gasteiger charge is -2.11. The number of hydrogen-bond donors (Lipinski definition) is 3. The predicted molar refractivity (Wildman–Crippen MR) is 95.6 cm³/mol. The number of nitrogens with one attached hydrogen (secondary N) is 3. The van der Waals surface area contributed by atoms with Crippen LogP contribution in [0.15, 0.2) is 18.2 Å². The highest BCUT2D eigenvalue weighted by Gasteiger charge is 2.17. The zero-order valence-electron chi connectivity index (χ0n) is 14.4. The Kier molecular flexibility index (Phi) is 5.52. The number of urea groups is 1. The van der Waals surface area contributed by atoms with Crippen molar-refractivity contribution in [2.75, 3.05) is 12.1 Å². The lowest BCUT2D eigenvalue weighted by molar-refractivity contribution is 0.102. The first-order valence-corrected chi connectivity index (χ1v) is 8.94. The summed E-state index contributed by atoms with van der Waals surface area (Å²) in [5.74, 6) is 0.844. The number of anilines is 1. The van der Waals surface area contributed by atoms with Crippen molar-refractivity contribution in [1.82, 2.24) is 20.8 Å². The molecular formula is C16H19N5O4S. The number of carbonyl (C=O) groups excluding carboxylic acids is 2. The van der Waals surface area contributed by atoms with Crippen LogP contribution in [0.5, 0.6) is 11.5 Å². The lowest BCUT2D eigenvalue weighted by Crippen LogP contribution is -2.40. The van der Waals surface area contributed by atoms with Gasteiger partial charge in [0.2, 0.25) is 11.8 Å². The molecule has 0 fully saturated rings. The minimum atomic E-state index is -0.378. The Morgan fingerprint density at radius 1 is 1.27 bits per heavy atom. The van der Waals surface area contributed by atoms with E-state index in [4.69, 9.17) is 9.47 Å². The summed E-state index contributed by atoms with van der Waals surface area (Å²) >= 11 is 1.12. The van der Waals surface area contributed by atoms with E-state index in [2.05, 4.69) is 26.1 Å². The van der Waals surface area contributed by atoms with Crippen LogP contribution in [0.2, 0.25) is 0 Å². The monoisotopic (exact) mass is 377 g/mol. The molecule has 0 bridgehead atoms. The number of nitrogens with zero attached hydrogens (tertiary/aromatic N) is 2. The molecule has 0 unspecified atom stereocenters. The molecule has 0 saturated carbocycles. The maximum absolute atomic E-state index is 12.3. The van der Waals surface area contributed by atoms with E-state index in [0.29, 0.717) is 22.2 Å². The SMILES string of the molecule is CC[C@H](C)NC(=O)NCc1nnc(C(=O)Nc2ccc3c(c2)OCO3)s1. The molecule has 3 N–H and O–H groups in total. The van der Waals surface area contributed by atoms with Gasteiger partial charge >= 0.3 is 6.03 Å². The van der Waals surface area contributed by atoms with Gasteiger partial charge in [0.05, 0.1) is 6.54 Å². The Hall–Kier alpha value is -2.88. The minimum Gasteiger partial charge on any atom is -0.454 e. The number of fused-ring (bicyclic) bond motifs is 1. The third kappa shape index (κ3) is 4.39. The first kappa shape index (κ1) is 17.9. The van der Waals surface area contributed by atoms with Crippen LogP contribution < -0.4 is 25.4 Å². The molecule has 26 heavy (non-hydrogen) atoms. The minimum absolute atomic E-state index is 0.0902. The predicted octanol–water partition coefficient (Wildman–Crippen LogP) is 2.12. The van der Waals surface area contributed by atoms with Gasteiger partial charge in [0.25, 0.3) is 5.91 Å². The van der Waals surface area contributed by atoms with Crippen molar-refractivity contribution >= 4 is 29.0 Å². The van der Waals surface area contributed by atoms with Crippen LogP contribution in [0.4, 0.5) is 10.5 Å². The van der Waals surface area contributed by atoms with Crippen LogP contribution in [0.3, 0.4) is 0 Å². The third-order valence-electron chi connectivity index (χ3n) is 3.68. The fraction of sp³-hybridized carbons (Fsp3) is 0.375. The van der Waals surface area contributed by atoms with Gasteiger partial charge in [-0.1, -0.05) is 18.3 Å². The largest absolute Gasteiger partial charge is 0.454 e. The molecule has 2 heterocycles. The normalized spacial score (nSPS) is 13.2. The van der Waals surface area contributed by atoms with Crippen LogP contribution in [0.25, 0.3) is 0 Å². The molecule has 138 valence electrons. The molecule has 1 aromatic heterocycles. The van der Waals surface area contributed by atoms with Gasteiger partial charge in [-0.2, -0.15) is 0 Å². The van der Waals surface area contributed by atoms with Gasteiger partial charge in [-0.25, -0.2) is 4.79 Å². The molecular weight excluding hydrogens is 358 g/mol. The van der Waals surface area contributed by atoms with E-state index >= 15 is 0 Å². The van der Waals surface area contributed by atoms with Crippen LogP contribution in [-0.2, 0) is 6.54 Å². The van der Waals surface area contributed by atoms with Gasteiger partial charge in [0, 0.05) is 17.8 Å². The van der Waals surface area contributed by atoms with Crippen molar-refractivity contribution in [1.29, 1.82) is 0 Å². The fourth-order valence-corrected chi connectivity index (χ4v) is 2.78. The summed E-state index contributed by atoms with van der Waals surface area (Å²) in [6, 6.07) is 4.94. The Labute approximate surface area is 154 Å². The van der Waals surface area contributed by atoms with E-state index in [9.17, 15) is 9.59 Å². The van der Waals surface area contributed by atoms with Crippen LogP contribution in [-0.4, -0.2) is 35.0 Å². The Bertz CT molecular complexity index is 810. The van der Waals surface area contributed by atoms with Crippen molar-refractivity contribution in [3.8, 4) is 11.5 Å². The van der Waals surface area contributed by atoms with Crippen LogP contribution in [0, 0.1) is 0 Å². The topological polar surface area (TPSA) is 114 Å². The van der Waals surface area contributed by atoms with Gasteiger partial charge in [-0.05, 0) is 25.5 Å². The quantitative estimate of drug-likeness (QED) is 0.710. The van der Waals surface area contributed by atoms with E-state index in [1.54, 1.807) is 18.2 Å². The average Bonchev–Trinajstić information content (AvgIpc) is 3.28. The molecule has 3 rings (SSSR count). The lowest BCUT2D eigenvalue weighted by atomic mass is 10.3. The maximum Gasteiger partial charge on any atom is 0.315 e. The van der Waals surface area contributed by atoms with Crippen molar-refractivity contribution in [3.05, 3.63) is 28.2 Å². The van der Waals surface area contributed by atoms with Gasteiger partial charge < -0.3 is 25.4 Å². The summed E-state index contributed by atoms with van der Waals surface area (Å²) in [5.41, 5.74) is 0.571. The number of amides is 3. The van der Waals surface area contributed by atoms with Gasteiger partial charge in [0.15, 0.2) is 11.5 Å². The first-order chi connectivity index (χ1) is 12.5. The average molecular weight is 377 g/mol. The summed E-state index contributed by atoms with van der Waals surface area (Å²) in [6.45, 7) is 4.28. The van der Waals surface area contributed by atoms with Gasteiger partial charge in [-0.15, -0.1) is 10.2 Å². The molecule has 0 aliphatic carbocycles. The zero-order valence-corrected chi connectivity index (χ0v) is 15.2. The fourth-order valence-electron chi connectivity index (χ4n) is 2.11. The van der Waals surface area contributed by atoms with Gasteiger partial charge in [-0.3, -0.25) is 4.79 Å². The molecule has 9 nitrogen and oxygen atoms in total. The van der Waals surface area contributed by atoms with Crippen molar-refractivity contribution in [2.45, 2.75) is 32.9 Å². The number of benzene rings is 1. The molecule has 0 saturated heterocycles.